The molecule has 0 atom stereocenters. The molecule has 7 nitrogen and oxygen atoms in total. The Morgan fingerprint density at radius 1 is 1.40 bits per heavy atom. The van der Waals surface area contributed by atoms with E-state index in [1.807, 2.05) is 6.92 Å². The Morgan fingerprint density at radius 2 is 2.12 bits per heavy atom. The number of carbonyl (C=O) groups excluding carboxylic acids is 1. The van der Waals surface area contributed by atoms with Crippen LogP contribution < -0.4 is 10.9 Å². The van der Waals surface area contributed by atoms with Crippen LogP contribution in [0.3, 0.4) is 0 Å². The van der Waals surface area contributed by atoms with E-state index in [9.17, 15) is 14.4 Å². The van der Waals surface area contributed by atoms with E-state index >= 15 is 0 Å². The zero-order valence-corrected chi connectivity index (χ0v) is 15.1. The number of benzene rings is 1. The number of nitrogens with zero attached hydrogens (tertiary/aromatic N) is 1. The van der Waals surface area contributed by atoms with Gasteiger partial charge in [-0.25, -0.2) is 9.78 Å². The van der Waals surface area contributed by atoms with Crippen LogP contribution in [0.1, 0.15) is 28.5 Å². The van der Waals surface area contributed by atoms with Crippen molar-refractivity contribution in [1.82, 2.24) is 9.97 Å². The van der Waals surface area contributed by atoms with Crippen LogP contribution in [-0.4, -0.2) is 32.7 Å². The van der Waals surface area contributed by atoms with Crippen molar-refractivity contribution in [2.24, 2.45) is 0 Å². The highest BCUT2D eigenvalue weighted by Crippen LogP contribution is 2.21. The van der Waals surface area contributed by atoms with Crippen LogP contribution in [0.2, 0.25) is 5.02 Å². The second-order valence-electron chi connectivity index (χ2n) is 5.13. The third-order valence-electron chi connectivity index (χ3n) is 3.37. The molecule has 0 unspecified atom stereocenters. The number of H-pyrrole nitrogens is 1. The van der Waals surface area contributed by atoms with E-state index in [0.29, 0.717) is 28.5 Å². The average molecular weight is 382 g/mol. The normalized spacial score (nSPS) is 10.5. The Morgan fingerprint density at radius 3 is 2.72 bits per heavy atom. The Balaban J connectivity index is 2.03. The van der Waals surface area contributed by atoms with E-state index in [4.69, 9.17) is 16.7 Å². The third-order valence-corrected chi connectivity index (χ3v) is 4.58. The molecule has 1 aromatic heterocycles. The molecule has 0 saturated heterocycles. The van der Waals surface area contributed by atoms with E-state index in [2.05, 4.69) is 15.3 Å². The molecular weight excluding hydrogens is 366 g/mol. The van der Waals surface area contributed by atoms with Crippen molar-refractivity contribution < 1.29 is 14.7 Å². The lowest BCUT2D eigenvalue weighted by Gasteiger charge is -2.08. The van der Waals surface area contributed by atoms with Gasteiger partial charge in [0.2, 0.25) is 5.91 Å². The van der Waals surface area contributed by atoms with Crippen molar-refractivity contribution in [3.05, 3.63) is 50.4 Å². The zero-order chi connectivity index (χ0) is 18.6. The Hall–Kier alpha value is -2.32. The average Bonchev–Trinajstić information content (AvgIpc) is 2.54. The van der Waals surface area contributed by atoms with Crippen LogP contribution in [0, 0.1) is 6.92 Å². The highest BCUT2D eigenvalue weighted by molar-refractivity contribution is 7.99. The Kier molecular flexibility index (Phi) is 6.22. The predicted octanol–water partition coefficient (Wildman–Crippen LogP) is 2.72. The molecule has 0 saturated carbocycles. The smallest absolute Gasteiger partial charge is 0.337 e. The topological polar surface area (TPSA) is 112 Å². The number of carbonyl (C=O) groups is 2. The molecule has 2 rings (SSSR count). The summed E-state index contributed by atoms with van der Waals surface area (Å²) in [6, 6.07) is 4.20. The number of halogens is 1. The van der Waals surface area contributed by atoms with Crippen LogP contribution in [0.15, 0.2) is 28.2 Å². The standard InChI is InChI=1S/C16H16ClN3O4S/c1-3-10-8(2)18-16(20-14(10)22)25-7-13(21)19-9-4-5-12(17)11(6-9)15(23)24/h4-6H,3,7H2,1-2H3,(H,19,21)(H,23,24)(H,18,20,22). The minimum atomic E-state index is -1.18. The van der Waals surface area contributed by atoms with Gasteiger partial charge >= 0.3 is 5.97 Å². The van der Waals surface area contributed by atoms with E-state index in [1.54, 1.807) is 6.92 Å². The van der Waals surface area contributed by atoms with E-state index in [0.717, 1.165) is 11.8 Å². The molecule has 3 N–H and O–H groups in total. The number of hydrogen-bond acceptors (Lipinski definition) is 5. The number of aromatic amines is 1. The molecule has 0 bridgehead atoms. The van der Waals surface area contributed by atoms with Gasteiger partial charge in [0.25, 0.3) is 5.56 Å². The third kappa shape index (κ3) is 4.83. The maximum absolute atomic E-state index is 12.0. The summed E-state index contributed by atoms with van der Waals surface area (Å²) in [6.45, 7) is 3.62. The number of anilines is 1. The predicted molar refractivity (Wildman–Crippen MR) is 96.7 cm³/mol. The summed E-state index contributed by atoms with van der Waals surface area (Å²) in [5.74, 6) is -1.52. The largest absolute Gasteiger partial charge is 0.478 e. The van der Waals surface area contributed by atoms with E-state index in [1.165, 1.54) is 18.2 Å². The van der Waals surface area contributed by atoms with Gasteiger partial charge in [0, 0.05) is 16.9 Å². The SMILES string of the molecule is CCc1c(C)nc(SCC(=O)Nc2ccc(Cl)c(C(=O)O)c2)[nH]c1=O. The van der Waals surface area contributed by atoms with Crippen molar-refractivity contribution in [2.75, 3.05) is 11.1 Å². The molecule has 1 aromatic carbocycles. The highest BCUT2D eigenvalue weighted by atomic mass is 35.5. The zero-order valence-electron chi connectivity index (χ0n) is 13.6. The summed E-state index contributed by atoms with van der Waals surface area (Å²) in [7, 11) is 0. The molecule has 25 heavy (non-hydrogen) atoms. The number of rotatable bonds is 6. The number of aromatic nitrogens is 2. The number of amides is 1. The van der Waals surface area contributed by atoms with Crippen LogP contribution in [0.5, 0.6) is 0 Å². The van der Waals surface area contributed by atoms with Crippen molar-refractivity contribution in [3.63, 3.8) is 0 Å². The Labute approximate surface area is 152 Å². The Bertz CT molecular complexity index is 882. The van der Waals surface area contributed by atoms with Gasteiger partial charge in [-0.15, -0.1) is 0 Å². The summed E-state index contributed by atoms with van der Waals surface area (Å²) in [5, 5.41) is 12.1. The minimum absolute atomic E-state index is 0.0128. The van der Waals surface area contributed by atoms with Gasteiger partial charge < -0.3 is 15.4 Å². The van der Waals surface area contributed by atoms with Crippen molar-refractivity contribution in [1.29, 1.82) is 0 Å². The van der Waals surface area contributed by atoms with Crippen LogP contribution in [0.4, 0.5) is 5.69 Å². The molecule has 0 spiro atoms. The van der Waals surface area contributed by atoms with Crippen LogP contribution in [-0.2, 0) is 11.2 Å². The molecule has 0 aliphatic carbocycles. The number of aromatic carboxylic acids is 1. The van der Waals surface area contributed by atoms with Gasteiger partial charge in [-0.1, -0.05) is 30.3 Å². The van der Waals surface area contributed by atoms with Crippen molar-refractivity contribution in [3.8, 4) is 0 Å². The number of thioether (sulfide) groups is 1. The second kappa shape index (κ2) is 8.17. The van der Waals surface area contributed by atoms with Gasteiger partial charge in [-0.3, -0.25) is 9.59 Å². The maximum atomic E-state index is 12.0. The lowest BCUT2D eigenvalue weighted by atomic mass is 10.2. The lowest BCUT2D eigenvalue weighted by Crippen LogP contribution is -2.18. The first-order valence-electron chi connectivity index (χ1n) is 7.37. The summed E-state index contributed by atoms with van der Waals surface area (Å²) in [4.78, 5) is 41.8. The van der Waals surface area contributed by atoms with Gasteiger partial charge in [-0.2, -0.15) is 0 Å². The van der Waals surface area contributed by atoms with Crippen LogP contribution >= 0.6 is 23.4 Å². The summed E-state index contributed by atoms with van der Waals surface area (Å²) in [6.07, 6.45) is 0.585. The molecule has 0 radical (unpaired) electrons. The maximum Gasteiger partial charge on any atom is 0.337 e. The van der Waals surface area contributed by atoms with E-state index in [-0.39, 0.29) is 27.8 Å². The molecule has 0 aliphatic rings. The molecule has 0 fully saturated rings. The van der Waals surface area contributed by atoms with Crippen LogP contribution in [0.25, 0.3) is 0 Å². The molecular formula is C16H16ClN3O4S. The number of carboxylic acids is 1. The molecule has 2 aromatic rings. The first kappa shape index (κ1) is 19.0. The minimum Gasteiger partial charge on any atom is -0.478 e. The van der Waals surface area contributed by atoms with E-state index < -0.39 is 5.97 Å². The fraction of sp³-hybridized carbons (Fsp3) is 0.250. The number of carboxylic acid groups (broad SMARTS) is 1. The second-order valence-corrected chi connectivity index (χ2v) is 6.50. The van der Waals surface area contributed by atoms with Crippen molar-refractivity contribution >= 4 is 40.9 Å². The van der Waals surface area contributed by atoms with Gasteiger partial charge in [0.1, 0.15) is 0 Å². The molecule has 0 aliphatic heterocycles. The van der Waals surface area contributed by atoms with Gasteiger partial charge in [-0.05, 0) is 31.5 Å². The fourth-order valence-electron chi connectivity index (χ4n) is 2.17. The molecule has 9 heteroatoms. The summed E-state index contributed by atoms with van der Waals surface area (Å²) < 4.78 is 0. The molecule has 132 valence electrons. The summed E-state index contributed by atoms with van der Waals surface area (Å²) in [5.41, 5.74) is 1.28. The number of hydrogen-bond donors (Lipinski definition) is 3. The van der Waals surface area contributed by atoms with Gasteiger partial charge in [0.15, 0.2) is 5.16 Å². The monoisotopic (exact) mass is 381 g/mol. The molecule has 1 heterocycles. The summed E-state index contributed by atoms with van der Waals surface area (Å²) >= 11 is 6.87. The van der Waals surface area contributed by atoms with Gasteiger partial charge in [0.05, 0.1) is 16.3 Å². The first-order valence-corrected chi connectivity index (χ1v) is 8.73. The fourth-order valence-corrected chi connectivity index (χ4v) is 3.07. The molecule has 1 amide bonds. The first-order chi connectivity index (χ1) is 11.8. The number of aryl methyl sites for hydroxylation is 1. The lowest BCUT2D eigenvalue weighted by molar-refractivity contribution is -0.113. The quantitative estimate of drug-likeness (QED) is 0.524. The number of nitrogens with one attached hydrogen (secondary N) is 2. The highest BCUT2D eigenvalue weighted by Gasteiger charge is 2.12. The van der Waals surface area contributed by atoms with Crippen molar-refractivity contribution in [2.45, 2.75) is 25.4 Å².